The molecule has 0 bridgehead atoms. The zero-order valence-corrected chi connectivity index (χ0v) is 28.5. The minimum atomic E-state index is -0.386. The topological polar surface area (TPSA) is 106 Å². The van der Waals surface area contributed by atoms with Crippen LogP contribution >= 0.6 is 0 Å². The van der Waals surface area contributed by atoms with Crippen LogP contribution in [0.3, 0.4) is 0 Å². The lowest BCUT2D eigenvalue weighted by molar-refractivity contribution is -0.137. The van der Waals surface area contributed by atoms with Crippen molar-refractivity contribution >= 4 is 23.7 Å². The fraction of sp³-hybridized carbons (Fsp3) is 0.450. The maximum atomic E-state index is 12.2. The molecule has 0 aromatic heterocycles. The van der Waals surface area contributed by atoms with Crippen molar-refractivity contribution in [3.05, 3.63) is 89.0 Å². The summed E-state index contributed by atoms with van der Waals surface area (Å²) in [6.07, 6.45) is 14.8. The van der Waals surface area contributed by atoms with Crippen LogP contribution in [0.5, 0.6) is 17.2 Å². The van der Waals surface area contributed by atoms with Crippen LogP contribution in [-0.4, -0.2) is 45.5 Å². The lowest BCUT2D eigenvalue weighted by Crippen LogP contribution is -2.07. The van der Waals surface area contributed by atoms with Crippen molar-refractivity contribution in [2.45, 2.75) is 83.5 Å². The van der Waals surface area contributed by atoms with Gasteiger partial charge in [-0.1, -0.05) is 37.5 Å². The zero-order valence-electron chi connectivity index (χ0n) is 28.5. The first kappa shape index (κ1) is 36.4. The molecule has 48 heavy (non-hydrogen) atoms. The standard InChI is InChI=1S/C40H51NO7/c1-30-26-34(29-35(41)27-30)40(43)48-25-9-4-3-8-23-46-37-20-14-31(28-38(37)44-2)15-21-39(42)47-24-11-10-22-45-36-18-16-33(17-19-36)32-12-6-5-7-13-32/h14-21,26-29,32H,3-13,22-25,41H2,1-2H3/b21-15+. The highest BCUT2D eigenvalue weighted by Gasteiger charge is 2.15. The van der Waals surface area contributed by atoms with Crippen molar-refractivity contribution in [2.24, 2.45) is 0 Å². The van der Waals surface area contributed by atoms with Gasteiger partial charge in [0.1, 0.15) is 5.75 Å². The van der Waals surface area contributed by atoms with Gasteiger partial charge >= 0.3 is 11.9 Å². The van der Waals surface area contributed by atoms with Crippen molar-refractivity contribution in [1.29, 1.82) is 0 Å². The number of nitrogen functional groups attached to an aromatic ring is 1. The predicted molar refractivity (Wildman–Crippen MR) is 190 cm³/mol. The van der Waals surface area contributed by atoms with E-state index in [1.807, 2.05) is 31.2 Å². The molecule has 0 spiro atoms. The molecule has 1 saturated carbocycles. The smallest absolute Gasteiger partial charge is 0.338 e. The van der Waals surface area contributed by atoms with E-state index in [4.69, 9.17) is 29.4 Å². The van der Waals surface area contributed by atoms with Gasteiger partial charge in [0.25, 0.3) is 0 Å². The highest BCUT2D eigenvalue weighted by Crippen LogP contribution is 2.33. The Hall–Kier alpha value is -4.46. The number of carbonyl (C=O) groups is 2. The molecule has 8 heteroatoms. The van der Waals surface area contributed by atoms with E-state index in [0.717, 1.165) is 55.4 Å². The maximum absolute atomic E-state index is 12.2. The highest BCUT2D eigenvalue weighted by atomic mass is 16.5. The fourth-order valence-electron chi connectivity index (χ4n) is 5.88. The van der Waals surface area contributed by atoms with E-state index in [1.54, 1.807) is 25.3 Å². The van der Waals surface area contributed by atoms with E-state index in [-0.39, 0.29) is 11.9 Å². The average molecular weight is 658 g/mol. The summed E-state index contributed by atoms with van der Waals surface area (Å²) in [4.78, 5) is 24.4. The van der Waals surface area contributed by atoms with Crippen LogP contribution in [0.25, 0.3) is 6.08 Å². The number of carbonyl (C=O) groups excluding carboxylic acids is 2. The van der Waals surface area contributed by atoms with E-state index in [2.05, 4.69) is 24.3 Å². The first-order valence-corrected chi connectivity index (χ1v) is 17.3. The minimum absolute atomic E-state index is 0.345. The third kappa shape index (κ3) is 12.6. The molecule has 0 heterocycles. The molecule has 2 N–H and O–H groups in total. The SMILES string of the molecule is COc1cc(/C=C/C(=O)OCCCCOc2ccc(C3CCCCC3)cc2)ccc1OCCCCCCOC(=O)c1cc(C)cc(N)c1. The third-order valence-corrected chi connectivity index (χ3v) is 8.47. The predicted octanol–water partition coefficient (Wildman–Crippen LogP) is 8.85. The summed E-state index contributed by atoms with van der Waals surface area (Å²) in [6, 6.07) is 19.3. The van der Waals surface area contributed by atoms with Crippen molar-refractivity contribution in [3.63, 3.8) is 0 Å². The molecule has 0 radical (unpaired) electrons. The first-order valence-electron chi connectivity index (χ1n) is 17.3. The lowest BCUT2D eigenvalue weighted by atomic mass is 9.84. The minimum Gasteiger partial charge on any atom is -0.494 e. The number of unbranched alkanes of at least 4 members (excludes halogenated alkanes) is 4. The quantitative estimate of drug-likeness (QED) is 0.0590. The summed E-state index contributed by atoms with van der Waals surface area (Å²) < 4.78 is 28.0. The van der Waals surface area contributed by atoms with E-state index in [1.165, 1.54) is 43.7 Å². The van der Waals surface area contributed by atoms with Gasteiger partial charge in [-0.05, 0) is 129 Å². The van der Waals surface area contributed by atoms with Crippen LogP contribution in [0.15, 0.2) is 66.7 Å². The normalized spacial score (nSPS) is 13.3. The Morgan fingerprint density at radius 1 is 0.750 bits per heavy atom. The Kier molecular flexibility index (Phi) is 15.2. The number of esters is 2. The molecule has 1 aliphatic rings. The fourth-order valence-corrected chi connectivity index (χ4v) is 5.88. The van der Waals surface area contributed by atoms with Crippen LogP contribution in [0.4, 0.5) is 5.69 Å². The maximum Gasteiger partial charge on any atom is 0.338 e. The second kappa shape index (κ2) is 20.0. The Bertz CT molecular complexity index is 1440. The van der Waals surface area contributed by atoms with Gasteiger partial charge < -0.3 is 29.4 Å². The van der Waals surface area contributed by atoms with Gasteiger partial charge in [-0.25, -0.2) is 9.59 Å². The number of nitrogens with two attached hydrogens (primary N) is 1. The summed E-state index contributed by atoms with van der Waals surface area (Å²) in [5.41, 5.74) is 10.0. The van der Waals surface area contributed by atoms with Gasteiger partial charge in [-0.2, -0.15) is 0 Å². The van der Waals surface area contributed by atoms with E-state index >= 15 is 0 Å². The van der Waals surface area contributed by atoms with Gasteiger partial charge in [0, 0.05) is 11.8 Å². The highest BCUT2D eigenvalue weighted by molar-refractivity contribution is 5.90. The van der Waals surface area contributed by atoms with Crippen molar-refractivity contribution in [1.82, 2.24) is 0 Å². The summed E-state index contributed by atoms with van der Waals surface area (Å²) in [7, 11) is 1.59. The Balaban J connectivity index is 1.04. The van der Waals surface area contributed by atoms with Gasteiger partial charge in [0.15, 0.2) is 11.5 Å². The molecule has 258 valence electrons. The molecule has 0 unspecified atom stereocenters. The molecule has 3 aromatic carbocycles. The number of rotatable bonds is 19. The third-order valence-electron chi connectivity index (χ3n) is 8.47. The van der Waals surface area contributed by atoms with E-state index in [0.29, 0.717) is 55.1 Å². The van der Waals surface area contributed by atoms with Gasteiger partial charge in [0.05, 0.1) is 39.1 Å². The van der Waals surface area contributed by atoms with Gasteiger partial charge in [-0.15, -0.1) is 0 Å². The molecule has 0 atom stereocenters. The number of methoxy groups -OCH3 is 1. The average Bonchev–Trinajstić information content (AvgIpc) is 3.10. The van der Waals surface area contributed by atoms with Crippen molar-refractivity contribution < 1.29 is 33.3 Å². The van der Waals surface area contributed by atoms with Crippen LogP contribution in [0.2, 0.25) is 0 Å². The second-order valence-electron chi connectivity index (χ2n) is 12.4. The van der Waals surface area contributed by atoms with Crippen molar-refractivity contribution in [3.8, 4) is 17.2 Å². The Morgan fingerprint density at radius 3 is 2.19 bits per heavy atom. The molecular formula is C40H51NO7. The van der Waals surface area contributed by atoms with Crippen LogP contribution in [0.1, 0.15) is 104 Å². The molecule has 3 aromatic rings. The second-order valence-corrected chi connectivity index (χ2v) is 12.4. The largest absolute Gasteiger partial charge is 0.494 e. The zero-order chi connectivity index (χ0) is 34.0. The molecule has 0 aliphatic heterocycles. The number of benzene rings is 3. The first-order chi connectivity index (χ1) is 23.4. The summed E-state index contributed by atoms with van der Waals surface area (Å²) in [5, 5.41) is 0. The number of anilines is 1. The van der Waals surface area contributed by atoms with Crippen LogP contribution in [0, 0.1) is 6.92 Å². The Labute approximate surface area is 285 Å². The monoisotopic (exact) mass is 657 g/mol. The summed E-state index contributed by atoms with van der Waals surface area (Å²) in [6.45, 7) is 3.74. The molecule has 4 rings (SSSR count). The van der Waals surface area contributed by atoms with E-state index in [9.17, 15) is 9.59 Å². The molecular weight excluding hydrogens is 606 g/mol. The summed E-state index contributed by atoms with van der Waals surface area (Å²) in [5.74, 6) is 2.09. The van der Waals surface area contributed by atoms with Crippen LogP contribution in [-0.2, 0) is 14.3 Å². The van der Waals surface area contributed by atoms with E-state index < -0.39 is 0 Å². The molecule has 0 saturated heterocycles. The summed E-state index contributed by atoms with van der Waals surface area (Å²) >= 11 is 0. The molecule has 1 aliphatic carbocycles. The van der Waals surface area contributed by atoms with Gasteiger partial charge in [0.2, 0.25) is 0 Å². The number of hydrogen-bond donors (Lipinski definition) is 1. The number of hydrogen-bond acceptors (Lipinski definition) is 8. The molecule has 0 amide bonds. The van der Waals surface area contributed by atoms with Crippen molar-refractivity contribution in [2.75, 3.05) is 39.3 Å². The Morgan fingerprint density at radius 2 is 1.44 bits per heavy atom. The molecule has 1 fully saturated rings. The molecule has 8 nitrogen and oxygen atoms in total. The lowest BCUT2D eigenvalue weighted by Gasteiger charge is -2.22. The van der Waals surface area contributed by atoms with Crippen LogP contribution < -0.4 is 19.9 Å². The number of ether oxygens (including phenoxy) is 5. The van der Waals surface area contributed by atoms with Gasteiger partial charge in [-0.3, -0.25) is 0 Å². The number of aryl methyl sites for hydroxylation is 1.